The van der Waals surface area contributed by atoms with Crippen molar-refractivity contribution in [1.29, 1.82) is 0 Å². The molecular formula is C18H28N4O. The van der Waals surface area contributed by atoms with Crippen molar-refractivity contribution in [3.8, 4) is 0 Å². The Kier molecular flexibility index (Phi) is 6.47. The highest BCUT2D eigenvalue weighted by Gasteiger charge is 2.10. The van der Waals surface area contributed by atoms with Crippen LogP contribution in [0.5, 0.6) is 0 Å². The van der Waals surface area contributed by atoms with Crippen LogP contribution < -0.4 is 10.6 Å². The van der Waals surface area contributed by atoms with Gasteiger partial charge in [0.15, 0.2) is 0 Å². The molecule has 2 aromatic rings. The summed E-state index contributed by atoms with van der Waals surface area (Å²) in [5.41, 5.74) is 1.84. The molecular weight excluding hydrogens is 288 g/mol. The molecule has 1 atom stereocenters. The van der Waals surface area contributed by atoms with Gasteiger partial charge in [0, 0.05) is 23.1 Å². The molecule has 5 heteroatoms. The zero-order valence-electron chi connectivity index (χ0n) is 14.4. The van der Waals surface area contributed by atoms with Crippen molar-refractivity contribution in [3.05, 3.63) is 30.5 Å². The molecule has 0 aliphatic rings. The van der Waals surface area contributed by atoms with Crippen molar-refractivity contribution in [3.63, 3.8) is 0 Å². The third-order valence-electron chi connectivity index (χ3n) is 4.22. The van der Waals surface area contributed by atoms with Gasteiger partial charge in [-0.1, -0.05) is 32.0 Å². The van der Waals surface area contributed by atoms with Gasteiger partial charge in [0.05, 0.1) is 5.69 Å². The molecule has 0 radical (unpaired) electrons. The van der Waals surface area contributed by atoms with Crippen molar-refractivity contribution in [2.75, 3.05) is 25.0 Å². The van der Waals surface area contributed by atoms with Gasteiger partial charge in [0.1, 0.15) is 0 Å². The molecule has 2 rings (SSSR count). The molecule has 0 fully saturated rings. The summed E-state index contributed by atoms with van der Waals surface area (Å²) < 4.78 is 0. The van der Waals surface area contributed by atoms with E-state index in [2.05, 4.69) is 41.3 Å². The van der Waals surface area contributed by atoms with Crippen molar-refractivity contribution in [2.45, 2.75) is 39.7 Å². The zero-order chi connectivity index (χ0) is 16.7. The molecule has 0 bridgehead atoms. The Hall–Kier alpha value is -2.01. The summed E-state index contributed by atoms with van der Waals surface area (Å²) in [4.78, 5) is 17.7. The summed E-state index contributed by atoms with van der Waals surface area (Å²) in [7, 11) is 0. The van der Waals surface area contributed by atoms with Crippen LogP contribution in [-0.2, 0) is 0 Å². The van der Waals surface area contributed by atoms with Gasteiger partial charge in [0.2, 0.25) is 0 Å². The highest BCUT2D eigenvalue weighted by atomic mass is 16.2. The summed E-state index contributed by atoms with van der Waals surface area (Å²) in [6, 6.07) is 7.94. The number of aromatic amines is 1. The first-order valence-corrected chi connectivity index (χ1v) is 8.50. The number of para-hydroxylation sites is 1. The van der Waals surface area contributed by atoms with E-state index < -0.39 is 0 Å². The molecule has 0 aliphatic heterocycles. The Morgan fingerprint density at radius 3 is 2.74 bits per heavy atom. The number of aromatic nitrogens is 1. The van der Waals surface area contributed by atoms with Gasteiger partial charge in [-0.05, 0) is 45.5 Å². The van der Waals surface area contributed by atoms with Gasteiger partial charge >= 0.3 is 6.03 Å². The maximum Gasteiger partial charge on any atom is 0.319 e. The summed E-state index contributed by atoms with van der Waals surface area (Å²) in [6.07, 6.45) is 3.91. The SMILES string of the molecule is CCN(CC)CCC[C@H](C)NC(=O)Nc1c[nH]c2ccccc12. The molecule has 1 heterocycles. The van der Waals surface area contributed by atoms with Crippen LogP contribution in [0.1, 0.15) is 33.6 Å². The lowest BCUT2D eigenvalue weighted by atomic mass is 10.2. The fourth-order valence-corrected chi connectivity index (χ4v) is 2.79. The number of carbonyl (C=O) groups is 1. The minimum atomic E-state index is -0.148. The Morgan fingerprint density at radius 1 is 1.26 bits per heavy atom. The van der Waals surface area contributed by atoms with Gasteiger partial charge in [-0.25, -0.2) is 4.79 Å². The third-order valence-corrected chi connectivity index (χ3v) is 4.22. The van der Waals surface area contributed by atoms with E-state index in [1.165, 1.54) is 0 Å². The molecule has 1 aromatic carbocycles. The number of H-pyrrole nitrogens is 1. The number of carbonyl (C=O) groups excluding carboxylic acids is 1. The van der Waals surface area contributed by atoms with Crippen LogP contribution in [0.15, 0.2) is 30.5 Å². The van der Waals surface area contributed by atoms with E-state index in [0.717, 1.165) is 49.1 Å². The van der Waals surface area contributed by atoms with Crippen LogP contribution in [0.2, 0.25) is 0 Å². The smallest absolute Gasteiger partial charge is 0.319 e. The summed E-state index contributed by atoms with van der Waals surface area (Å²) in [5, 5.41) is 6.96. The molecule has 0 saturated heterocycles. The van der Waals surface area contributed by atoms with Crippen LogP contribution in [0, 0.1) is 0 Å². The van der Waals surface area contributed by atoms with E-state index in [1.54, 1.807) is 0 Å². The zero-order valence-corrected chi connectivity index (χ0v) is 14.4. The van der Waals surface area contributed by atoms with Crippen molar-refractivity contribution in [2.24, 2.45) is 0 Å². The monoisotopic (exact) mass is 316 g/mol. The Balaban J connectivity index is 1.78. The van der Waals surface area contributed by atoms with Crippen molar-refractivity contribution < 1.29 is 4.79 Å². The number of amides is 2. The maximum absolute atomic E-state index is 12.1. The normalized spacial score (nSPS) is 12.5. The van der Waals surface area contributed by atoms with Crippen LogP contribution in [-0.4, -0.2) is 41.6 Å². The average molecular weight is 316 g/mol. The first-order valence-electron chi connectivity index (χ1n) is 8.50. The van der Waals surface area contributed by atoms with Gasteiger partial charge in [-0.3, -0.25) is 0 Å². The van der Waals surface area contributed by atoms with Crippen LogP contribution in [0.25, 0.3) is 10.9 Å². The van der Waals surface area contributed by atoms with Crippen molar-refractivity contribution >= 4 is 22.6 Å². The molecule has 23 heavy (non-hydrogen) atoms. The number of anilines is 1. The first kappa shape index (κ1) is 17.3. The highest BCUT2D eigenvalue weighted by molar-refractivity contribution is 6.00. The van der Waals surface area contributed by atoms with E-state index in [0.29, 0.717) is 0 Å². The van der Waals surface area contributed by atoms with Crippen LogP contribution >= 0.6 is 0 Å². The molecule has 1 aromatic heterocycles. The molecule has 2 amide bonds. The number of rotatable bonds is 8. The van der Waals surface area contributed by atoms with Gasteiger partial charge < -0.3 is 20.5 Å². The summed E-state index contributed by atoms with van der Waals surface area (Å²) in [5.74, 6) is 0. The van der Waals surface area contributed by atoms with E-state index >= 15 is 0 Å². The van der Waals surface area contributed by atoms with Gasteiger partial charge in [0.25, 0.3) is 0 Å². The first-order chi connectivity index (χ1) is 11.1. The standard InChI is InChI=1S/C18H28N4O/c1-4-22(5-2)12-8-9-14(3)20-18(23)21-17-13-19-16-11-7-6-10-15(16)17/h6-7,10-11,13-14,19H,4-5,8-9,12H2,1-3H3,(H2,20,21,23)/t14-/m0/s1. The number of fused-ring (bicyclic) bond motifs is 1. The van der Waals surface area contributed by atoms with Crippen LogP contribution in [0.4, 0.5) is 10.5 Å². The van der Waals surface area contributed by atoms with Crippen molar-refractivity contribution in [1.82, 2.24) is 15.2 Å². The number of hydrogen-bond donors (Lipinski definition) is 3. The number of urea groups is 1. The quantitative estimate of drug-likeness (QED) is 0.694. The molecule has 5 nitrogen and oxygen atoms in total. The molecule has 3 N–H and O–H groups in total. The second-order valence-corrected chi connectivity index (χ2v) is 5.92. The molecule has 0 saturated carbocycles. The number of benzene rings is 1. The molecule has 126 valence electrons. The number of nitrogens with one attached hydrogen (secondary N) is 3. The van der Waals surface area contributed by atoms with Gasteiger partial charge in [-0.2, -0.15) is 0 Å². The molecule has 0 unspecified atom stereocenters. The fraction of sp³-hybridized carbons (Fsp3) is 0.500. The van der Waals surface area contributed by atoms with E-state index in [4.69, 9.17) is 0 Å². The molecule has 0 aliphatic carbocycles. The van der Waals surface area contributed by atoms with E-state index in [1.807, 2.05) is 30.5 Å². The minimum Gasteiger partial charge on any atom is -0.359 e. The minimum absolute atomic E-state index is 0.148. The highest BCUT2D eigenvalue weighted by Crippen LogP contribution is 2.22. The summed E-state index contributed by atoms with van der Waals surface area (Å²) in [6.45, 7) is 9.67. The lowest BCUT2D eigenvalue weighted by molar-refractivity contribution is 0.247. The Bertz CT molecular complexity index is 618. The molecule has 0 spiro atoms. The average Bonchev–Trinajstić information content (AvgIpc) is 2.94. The number of nitrogens with zero attached hydrogens (tertiary/aromatic N) is 1. The number of hydrogen-bond acceptors (Lipinski definition) is 2. The van der Waals surface area contributed by atoms with Crippen LogP contribution in [0.3, 0.4) is 0 Å². The Labute approximate surface area is 138 Å². The van der Waals surface area contributed by atoms with E-state index in [9.17, 15) is 4.79 Å². The van der Waals surface area contributed by atoms with E-state index in [-0.39, 0.29) is 12.1 Å². The largest absolute Gasteiger partial charge is 0.359 e. The lowest BCUT2D eigenvalue weighted by Crippen LogP contribution is -2.36. The van der Waals surface area contributed by atoms with Gasteiger partial charge in [-0.15, -0.1) is 0 Å². The predicted octanol–water partition coefficient (Wildman–Crippen LogP) is 3.80. The predicted molar refractivity (Wildman–Crippen MR) is 96.9 cm³/mol. The summed E-state index contributed by atoms with van der Waals surface area (Å²) >= 11 is 0. The Morgan fingerprint density at radius 2 is 2.00 bits per heavy atom. The topological polar surface area (TPSA) is 60.2 Å². The maximum atomic E-state index is 12.1. The second kappa shape index (κ2) is 8.58. The lowest BCUT2D eigenvalue weighted by Gasteiger charge is -2.19. The second-order valence-electron chi connectivity index (χ2n) is 5.92. The fourth-order valence-electron chi connectivity index (χ4n) is 2.79. The third kappa shape index (κ3) is 4.99.